The molecule has 1 aromatic carbocycles. The molecular formula is C19H24N6. The lowest BCUT2D eigenvalue weighted by Gasteiger charge is -2.24. The van der Waals surface area contributed by atoms with Gasteiger partial charge >= 0.3 is 0 Å². The molecule has 3 heterocycles. The molecule has 0 bridgehead atoms. The molecule has 4 rings (SSSR count). The summed E-state index contributed by atoms with van der Waals surface area (Å²) >= 11 is 0. The van der Waals surface area contributed by atoms with Crippen LogP contribution in [0, 0.1) is 20.8 Å². The molecule has 1 aliphatic rings. The molecule has 0 aliphatic carbocycles. The third-order valence-electron chi connectivity index (χ3n) is 5.03. The molecule has 6 nitrogen and oxygen atoms in total. The normalized spacial score (nSPS) is 18.3. The minimum absolute atomic E-state index is 0.468. The first-order valence-electron chi connectivity index (χ1n) is 8.94. The first-order chi connectivity index (χ1) is 12.1. The van der Waals surface area contributed by atoms with Crippen molar-refractivity contribution in [3.63, 3.8) is 0 Å². The van der Waals surface area contributed by atoms with Gasteiger partial charge in [0.15, 0.2) is 0 Å². The van der Waals surface area contributed by atoms with E-state index in [1.165, 1.54) is 12.8 Å². The highest BCUT2D eigenvalue weighted by Gasteiger charge is 2.26. The molecule has 130 valence electrons. The number of hydrogen-bond acceptors (Lipinski definition) is 5. The van der Waals surface area contributed by atoms with Gasteiger partial charge in [-0.25, -0.2) is 19.6 Å². The molecule has 0 spiro atoms. The molecule has 1 saturated heterocycles. The van der Waals surface area contributed by atoms with Crippen molar-refractivity contribution < 1.29 is 0 Å². The highest BCUT2D eigenvalue weighted by molar-refractivity contribution is 5.80. The second-order valence-electron chi connectivity index (χ2n) is 6.90. The van der Waals surface area contributed by atoms with E-state index in [1.54, 1.807) is 0 Å². The van der Waals surface area contributed by atoms with E-state index >= 15 is 0 Å². The maximum atomic E-state index is 4.78. The van der Waals surface area contributed by atoms with Crippen LogP contribution in [-0.4, -0.2) is 42.2 Å². The Kier molecular flexibility index (Phi) is 4.21. The Morgan fingerprint density at radius 1 is 1.08 bits per heavy atom. The van der Waals surface area contributed by atoms with Gasteiger partial charge in [0, 0.05) is 17.1 Å². The number of fused-ring (bicyclic) bond motifs is 1. The zero-order chi connectivity index (χ0) is 17.4. The van der Waals surface area contributed by atoms with Crippen LogP contribution in [0.25, 0.3) is 10.9 Å². The molecule has 6 heteroatoms. The molecule has 1 atom stereocenters. The van der Waals surface area contributed by atoms with Crippen molar-refractivity contribution in [1.29, 1.82) is 0 Å². The number of nitrogens with zero attached hydrogens (tertiary/aromatic N) is 6. The second kappa shape index (κ2) is 6.52. The van der Waals surface area contributed by atoms with E-state index in [2.05, 4.69) is 34.0 Å². The molecule has 3 aromatic rings. The Bertz CT molecular complexity index is 900. The molecule has 1 unspecified atom stereocenters. The topological polar surface area (TPSA) is 59.7 Å². The van der Waals surface area contributed by atoms with Gasteiger partial charge in [-0.15, -0.1) is 0 Å². The van der Waals surface area contributed by atoms with Gasteiger partial charge in [0.2, 0.25) is 0 Å². The lowest BCUT2D eigenvalue weighted by Crippen LogP contribution is -2.33. The smallest absolute Gasteiger partial charge is 0.147 e. The molecule has 0 radical (unpaired) electrons. The highest BCUT2D eigenvalue weighted by Crippen LogP contribution is 2.22. The number of aromatic nitrogens is 5. The highest BCUT2D eigenvalue weighted by atomic mass is 15.4. The minimum Gasteiger partial charge on any atom is -0.291 e. The van der Waals surface area contributed by atoms with Gasteiger partial charge in [-0.05, 0) is 46.2 Å². The van der Waals surface area contributed by atoms with Crippen molar-refractivity contribution in [1.82, 2.24) is 29.6 Å². The summed E-state index contributed by atoms with van der Waals surface area (Å²) < 4.78 is 2.03. The van der Waals surface area contributed by atoms with Crippen LogP contribution in [0.3, 0.4) is 0 Å². The molecule has 1 aliphatic heterocycles. The second-order valence-corrected chi connectivity index (χ2v) is 6.90. The fraction of sp³-hybridized carbons (Fsp3) is 0.474. The fourth-order valence-electron chi connectivity index (χ4n) is 3.79. The number of hydrogen-bond donors (Lipinski definition) is 0. The Morgan fingerprint density at radius 2 is 1.92 bits per heavy atom. The molecule has 0 N–H and O–H groups in total. The summed E-state index contributed by atoms with van der Waals surface area (Å²) in [5, 5.41) is 5.65. The minimum atomic E-state index is 0.468. The van der Waals surface area contributed by atoms with Gasteiger partial charge in [0.1, 0.15) is 17.5 Å². The van der Waals surface area contributed by atoms with Crippen molar-refractivity contribution in [2.24, 2.45) is 0 Å². The largest absolute Gasteiger partial charge is 0.291 e. The van der Waals surface area contributed by atoms with Crippen LogP contribution in [0.15, 0.2) is 24.3 Å². The molecule has 0 saturated carbocycles. The summed E-state index contributed by atoms with van der Waals surface area (Å²) in [4.78, 5) is 16.4. The summed E-state index contributed by atoms with van der Waals surface area (Å²) in [6.07, 6.45) is 2.40. The summed E-state index contributed by atoms with van der Waals surface area (Å²) in [5.41, 5.74) is 2.09. The number of aryl methyl sites for hydroxylation is 3. The summed E-state index contributed by atoms with van der Waals surface area (Å²) in [5.74, 6) is 2.74. The van der Waals surface area contributed by atoms with Crippen molar-refractivity contribution in [2.45, 2.75) is 52.7 Å². The Morgan fingerprint density at radius 3 is 2.72 bits per heavy atom. The Labute approximate surface area is 147 Å². The lowest BCUT2D eigenvalue weighted by molar-refractivity contribution is 0.213. The fourth-order valence-corrected chi connectivity index (χ4v) is 3.79. The van der Waals surface area contributed by atoms with Crippen LogP contribution in [0.1, 0.15) is 36.0 Å². The predicted octanol–water partition coefficient (Wildman–Crippen LogP) is 2.81. The third-order valence-corrected chi connectivity index (χ3v) is 5.03. The van der Waals surface area contributed by atoms with Crippen molar-refractivity contribution in [3.05, 3.63) is 47.4 Å². The van der Waals surface area contributed by atoms with Gasteiger partial charge in [-0.1, -0.05) is 18.2 Å². The van der Waals surface area contributed by atoms with Gasteiger partial charge in [0.25, 0.3) is 0 Å². The van der Waals surface area contributed by atoms with E-state index in [0.717, 1.165) is 53.7 Å². The van der Waals surface area contributed by atoms with Gasteiger partial charge in [-0.2, -0.15) is 5.10 Å². The van der Waals surface area contributed by atoms with E-state index in [-0.39, 0.29) is 0 Å². The SMILES string of the molecule is Cc1nc(C)n(CC2CCCN2Cc2nc(C)c3ccccc3n2)n1. The van der Waals surface area contributed by atoms with Crippen LogP contribution in [0.4, 0.5) is 0 Å². The van der Waals surface area contributed by atoms with E-state index in [4.69, 9.17) is 9.97 Å². The first kappa shape index (κ1) is 16.1. The summed E-state index contributed by atoms with van der Waals surface area (Å²) in [6, 6.07) is 8.69. The van der Waals surface area contributed by atoms with E-state index in [0.29, 0.717) is 6.04 Å². The van der Waals surface area contributed by atoms with Crippen molar-refractivity contribution in [3.8, 4) is 0 Å². The zero-order valence-electron chi connectivity index (χ0n) is 15.1. The van der Waals surface area contributed by atoms with Crippen LogP contribution < -0.4 is 0 Å². The number of rotatable bonds is 4. The maximum absolute atomic E-state index is 4.78. The van der Waals surface area contributed by atoms with Crippen LogP contribution in [-0.2, 0) is 13.1 Å². The van der Waals surface area contributed by atoms with Gasteiger partial charge in [0.05, 0.1) is 18.6 Å². The Balaban J connectivity index is 1.54. The predicted molar refractivity (Wildman–Crippen MR) is 97.2 cm³/mol. The van der Waals surface area contributed by atoms with Gasteiger partial charge < -0.3 is 0 Å². The van der Waals surface area contributed by atoms with Gasteiger partial charge in [-0.3, -0.25) is 4.90 Å². The van der Waals surface area contributed by atoms with Crippen LogP contribution in [0.5, 0.6) is 0 Å². The van der Waals surface area contributed by atoms with E-state index < -0.39 is 0 Å². The zero-order valence-corrected chi connectivity index (χ0v) is 15.1. The first-order valence-corrected chi connectivity index (χ1v) is 8.94. The maximum Gasteiger partial charge on any atom is 0.147 e. The molecule has 1 fully saturated rings. The molecule has 0 amide bonds. The van der Waals surface area contributed by atoms with Crippen LogP contribution >= 0.6 is 0 Å². The third kappa shape index (κ3) is 3.26. The molecular weight excluding hydrogens is 312 g/mol. The summed E-state index contributed by atoms with van der Waals surface area (Å²) in [6.45, 7) is 8.81. The molecule has 2 aromatic heterocycles. The number of likely N-dealkylation sites (tertiary alicyclic amines) is 1. The quantitative estimate of drug-likeness (QED) is 0.733. The lowest BCUT2D eigenvalue weighted by atomic mass is 10.2. The summed E-state index contributed by atoms with van der Waals surface area (Å²) in [7, 11) is 0. The number of benzene rings is 1. The van der Waals surface area contributed by atoms with E-state index in [1.807, 2.05) is 30.7 Å². The monoisotopic (exact) mass is 336 g/mol. The average molecular weight is 336 g/mol. The van der Waals surface area contributed by atoms with Crippen LogP contribution in [0.2, 0.25) is 0 Å². The number of para-hydroxylation sites is 1. The molecule has 25 heavy (non-hydrogen) atoms. The van der Waals surface area contributed by atoms with E-state index in [9.17, 15) is 0 Å². The average Bonchev–Trinajstić information content (AvgIpc) is 3.14. The Hall–Kier alpha value is -2.34. The standard InChI is InChI=1S/C19H24N6/c1-13-17-8-4-5-9-18(17)22-19(20-13)12-24-10-6-7-16(24)11-25-15(3)21-14(2)23-25/h4-5,8-9,16H,6-7,10-12H2,1-3H3. The van der Waals surface area contributed by atoms with Crippen molar-refractivity contribution >= 4 is 10.9 Å². The van der Waals surface area contributed by atoms with Crippen molar-refractivity contribution in [2.75, 3.05) is 6.54 Å².